The Balaban J connectivity index is 2.29. The maximum atomic E-state index is 12.2. The predicted octanol–water partition coefficient (Wildman–Crippen LogP) is 2.65. The highest BCUT2D eigenvalue weighted by Gasteiger charge is 2.13. The minimum atomic E-state index is -3.59. The fourth-order valence-corrected chi connectivity index (χ4v) is 2.17. The third-order valence-corrected chi connectivity index (χ3v) is 3.86. The first-order valence-electron chi connectivity index (χ1n) is 6.14. The molecule has 0 spiro atoms. The summed E-state index contributed by atoms with van der Waals surface area (Å²) in [7, 11) is -3.59. The fourth-order valence-electron chi connectivity index (χ4n) is 1.65. The second-order valence-corrected chi connectivity index (χ2v) is 6.01. The molecule has 0 heterocycles. The lowest BCUT2D eigenvalue weighted by Gasteiger charge is -2.06. The van der Waals surface area contributed by atoms with Crippen molar-refractivity contribution in [2.45, 2.75) is 6.92 Å². The number of benzene rings is 2. The van der Waals surface area contributed by atoms with Gasteiger partial charge in [0.15, 0.2) is 5.78 Å². The molecular weight excluding hydrogens is 276 g/mol. The zero-order chi connectivity index (χ0) is 14.6. The average molecular weight is 290 g/mol. The molecule has 2 aromatic rings. The number of hydrogen-bond donors (Lipinski definition) is 0. The minimum Gasteiger partial charge on any atom is -0.382 e. The first-order chi connectivity index (χ1) is 9.52. The maximum Gasteiger partial charge on any atom is 0.308 e. The summed E-state index contributed by atoms with van der Waals surface area (Å²) in [6.07, 6.45) is 0. The molecule has 0 atom stereocenters. The normalized spacial score (nSPS) is 11.1. The van der Waals surface area contributed by atoms with Crippen LogP contribution in [0.25, 0.3) is 0 Å². The van der Waals surface area contributed by atoms with Crippen molar-refractivity contribution in [3.05, 3.63) is 65.7 Å². The van der Waals surface area contributed by atoms with Gasteiger partial charge in [-0.2, -0.15) is 8.42 Å². The van der Waals surface area contributed by atoms with Crippen molar-refractivity contribution >= 4 is 15.9 Å². The minimum absolute atomic E-state index is 0.121. The molecule has 0 fully saturated rings. The van der Waals surface area contributed by atoms with Gasteiger partial charge in [-0.3, -0.25) is 4.79 Å². The molecule has 0 bridgehead atoms. The van der Waals surface area contributed by atoms with Crippen LogP contribution in [0.1, 0.15) is 22.8 Å². The lowest BCUT2D eigenvalue weighted by molar-refractivity contribution is 0.103. The topological polar surface area (TPSA) is 60.4 Å². The van der Waals surface area contributed by atoms with Gasteiger partial charge in [-0.1, -0.05) is 42.5 Å². The number of hydrogen-bond acceptors (Lipinski definition) is 4. The molecule has 104 valence electrons. The summed E-state index contributed by atoms with van der Waals surface area (Å²) in [6, 6.07) is 14.9. The molecule has 20 heavy (non-hydrogen) atoms. The molecule has 0 aliphatic heterocycles. The lowest BCUT2D eigenvalue weighted by Crippen LogP contribution is -2.11. The molecule has 4 nitrogen and oxygen atoms in total. The van der Waals surface area contributed by atoms with E-state index in [0.29, 0.717) is 11.1 Å². The van der Waals surface area contributed by atoms with Gasteiger partial charge in [0.2, 0.25) is 0 Å². The van der Waals surface area contributed by atoms with Crippen LogP contribution in [0.5, 0.6) is 5.75 Å². The number of rotatable bonds is 5. The van der Waals surface area contributed by atoms with Gasteiger partial charge in [0.25, 0.3) is 0 Å². The largest absolute Gasteiger partial charge is 0.382 e. The van der Waals surface area contributed by atoms with Crippen LogP contribution in [0.3, 0.4) is 0 Å². The molecule has 2 aromatic carbocycles. The summed E-state index contributed by atoms with van der Waals surface area (Å²) >= 11 is 0. The smallest absolute Gasteiger partial charge is 0.308 e. The molecular formula is C15H14O4S. The Morgan fingerprint density at radius 2 is 1.65 bits per heavy atom. The highest BCUT2D eigenvalue weighted by atomic mass is 32.2. The Hall–Kier alpha value is -2.14. The van der Waals surface area contributed by atoms with E-state index in [1.165, 1.54) is 19.1 Å². The zero-order valence-electron chi connectivity index (χ0n) is 10.9. The maximum absolute atomic E-state index is 12.2. The summed E-state index contributed by atoms with van der Waals surface area (Å²) in [4.78, 5) is 12.2. The molecule has 5 heteroatoms. The van der Waals surface area contributed by atoms with E-state index in [1.54, 1.807) is 36.4 Å². The monoisotopic (exact) mass is 290 g/mol. The van der Waals surface area contributed by atoms with E-state index in [9.17, 15) is 13.2 Å². The first-order valence-corrected chi connectivity index (χ1v) is 7.71. The molecule has 0 N–H and O–H groups in total. The first kappa shape index (κ1) is 14.3. The highest BCUT2D eigenvalue weighted by molar-refractivity contribution is 7.87. The van der Waals surface area contributed by atoms with Crippen LogP contribution < -0.4 is 4.18 Å². The van der Waals surface area contributed by atoms with Crippen molar-refractivity contribution in [2.24, 2.45) is 0 Å². The second-order valence-electron chi connectivity index (χ2n) is 4.15. The number of ketones is 1. The van der Waals surface area contributed by atoms with Crippen molar-refractivity contribution in [3.8, 4) is 5.75 Å². The van der Waals surface area contributed by atoms with Crippen molar-refractivity contribution in [1.29, 1.82) is 0 Å². The standard InChI is InChI=1S/C15H14O4S/c1-2-20(17,18)19-14-10-6-9-13(11-14)15(16)12-7-4-3-5-8-12/h3-11H,2H2,1H3. The van der Waals surface area contributed by atoms with Gasteiger partial charge in [-0.05, 0) is 19.1 Å². The van der Waals surface area contributed by atoms with Crippen LogP contribution in [0.4, 0.5) is 0 Å². The summed E-state index contributed by atoms with van der Waals surface area (Å²) in [6.45, 7) is 1.49. The molecule has 0 aliphatic carbocycles. The van der Waals surface area contributed by atoms with Crippen LogP contribution in [-0.2, 0) is 10.1 Å². The predicted molar refractivity (Wildman–Crippen MR) is 76.4 cm³/mol. The Morgan fingerprint density at radius 3 is 2.30 bits per heavy atom. The van der Waals surface area contributed by atoms with Crippen molar-refractivity contribution < 1.29 is 17.4 Å². The van der Waals surface area contributed by atoms with Gasteiger partial charge < -0.3 is 4.18 Å². The lowest BCUT2D eigenvalue weighted by atomic mass is 10.0. The molecule has 0 radical (unpaired) electrons. The third-order valence-electron chi connectivity index (χ3n) is 2.71. The summed E-state index contributed by atoms with van der Waals surface area (Å²) in [5, 5.41) is 0. The van der Waals surface area contributed by atoms with Crippen molar-refractivity contribution in [3.63, 3.8) is 0 Å². The highest BCUT2D eigenvalue weighted by Crippen LogP contribution is 2.18. The average Bonchev–Trinajstić information content (AvgIpc) is 2.47. The van der Waals surface area contributed by atoms with Crippen molar-refractivity contribution in [1.82, 2.24) is 0 Å². The van der Waals surface area contributed by atoms with Gasteiger partial charge in [0.1, 0.15) is 5.75 Å². The fraction of sp³-hybridized carbons (Fsp3) is 0.133. The van der Waals surface area contributed by atoms with E-state index in [-0.39, 0.29) is 17.3 Å². The molecule has 0 saturated heterocycles. The SMILES string of the molecule is CCS(=O)(=O)Oc1cccc(C(=O)c2ccccc2)c1. The van der Waals surface area contributed by atoms with E-state index in [4.69, 9.17) is 4.18 Å². The van der Waals surface area contributed by atoms with Gasteiger partial charge in [0, 0.05) is 11.1 Å². The van der Waals surface area contributed by atoms with Gasteiger partial charge >= 0.3 is 10.1 Å². The third kappa shape index (κ3) is 3.45. The molecule has 2 rings (SSSR count). The Kier molecular flexibility index (Phi) is 4.20. The Morgan fingerprint density at radius 1 is 1.00 bits per heavy atom. The number of carbonyl (C=O) groups is 1. The summed E-state index contributed by atoms with van der Waals surface area (Å²) < 4.78 is 27.7. The van der Waals surface area contributed by atoms with Crippen LogP contribution in [0, 0.1) is 0 Å². The quantitative estimate of drug-likeness (QED) is 0.627. The van der Waals surface area contributed by atoms with Gasteiger partial charge in [0.05, 0.1) is 5.75 Å². The van der Waals surface area contributed by atoms with Crippen LogP contribution in [0.2, 0.25) is 0 Å². The van der Waals surface area contributed by atoms with Gasteiger partial charge in [-0.15, -0.1) is 0 Å². The summed E-state index contributed by atoms with van der Waals surface area (Å²) in [5.41, 5.74) is 0.933. The van der Waals surface area contributed by atoms with E-state index in [1.807, 2.05) is 6.07 Å². The molecule has 0 amide bonds. The molecule has 0 aliphatic rings. The van der Waals surface area contributed by atoms with E-state index < -0.39 is 10.1 Å². The summed E-state index contributed by atoms with van der Waals surface area (Å²) in [5.74, 6) is -0.150. The molecule has 0 aromatic heterocycles. The van der Waals surface area contributed by atoms with Crippen LogP contribution >= 0.6 is 0 Å². The van der Waals surface area contributed by atoms with Crippen LogP contribution in [0.15, 0.2) is 54.6 Å². The van der Waals surface area contributed by atoms with Crippen molar-refractivity contribution in [2.75, 3.05) is 5.75 Å². The molecule has 0 unspecified atom stereocenters. The van der Waals surface area contributed by atoms with Gasteiger partial charge in [-0.25, -0.2) is 0 Å². The van der Waals surface area contributed by atoms with E-state index >= 15 is 0 Å². The van der Waals surface area contributed by atoms with E-state index in [0.717, 1.165) is 0 Å². The molecule has 0 saturated carbocycles. The van der Waals surface area contributed by atoms with Crippen LogP contribution in [-0.4, -0.2) is 20.0 Å². The Labute approximate surface area is 118 Å². The zero-order valence-corrected chi connectivity index (χ0v) is 11.8. The number of carbonyl (C=O) groups excluding carboxylic acids is 1. The van der Waals surface area contributed by atoms with E-state index in [2.05, 4.69) is 0 Å². The Bertz CT molecular complexity index is 706. The second kappa shape index (κ2) is 5.88.